The second-order valence-corrected chi connectivity index (χ2v) is 7.55. The van der Waals surface area contributed by atoms with Crippen molar-refractivity contribution < 1.29 is 23.8 Å². The predicted molar refractivity (Wildman–Crippen MR) is 117 cm³/mol. The SMILES string of the molecule is COc1ccc(-c2nc3cc(Br)ccc3o2)cc1NC(=O)NCCCCCC(=O)O. The van der Waals surface area contributed by atoms with Gasteiger partial charge in [-0.2, -0.15) is 0 Å². The fourth-order valence-corrected chi connectivity index (χ4v) is 3.26. The number of benzene rings is 2. The molecule has 0 aliphatic heterocycles. The van der Waals surface area contributed by atoms with E-state index in [2.05, 4.69) is 31.5 Å². The topological polar surface area (TPSA) is 114 Å². The van der Waals surface area contributed by atoms with Gasteiger partial charge < -0.3 is 24.9 Å². The quantitative estimate of drug-likeness (QED) is 0.373. The van der Waals surface area contributed by atoms with Gasteiger partial charge in [-0.25, -0.2) is 9.78 Å². The molecular weight excluding hydrogens is 454 g/mol. The maximum Gasteiger partial charge on any atom is 0.319 e. The number of ether oxygens (including phenoxy) is 1. The fraction of sp³-hybridized carbons (Fsp3) is 0.286. The van der Waals surface area contributed by atoms with Gasteiger partial charge in [0.15, 0.2) is 5.58 Å². The molecule has 2 aromatic carbocycles. The number of urea groups is 1. The molecule has 1 aromatic heterocycles. The van der Waals surface area contributed by atoms with Crippen LogP contribution in [0.3, 0.4) is 0 Å². The highest BCUT2D eigenvalue weighted by Gasteiger charge is 2.13. The van der Waals surface area contributed by atoms with Crippen molar-refractivity contribution in [1.82, 2.24) is 10.3 Å². The van der Waals surface area contributed by atoms with Crippen molar-refractivity contribution in [1.29, 1.82) is 0 Å². The van der Waals surface area contributed by atoms with Crippen molar-refractivity contribution >= 4 is 44.7 Å². The first-order chi connectivity index (χ1) is 14.5. The Morgan fingerprint density at radius 2 is 2.00 bits per heavy atom. The number of hydrogen-bond donors (Lipinski definition) is 3. The standard InChI is InChI=1S/C21H22BrN3O5/c1-29-17-8-6-13(20-24-16-12-14(22)7-9-18(16)30-20)11-15(17)25-21(28)23-10-4-2-3-5-19(26)27/h6-9,11-12H,2-5,10H2,1H3,(H,26,27)(H2,23,25,28). The van der Waals surface area contributed by atoms with E-state index in [1.807, 2.05) is 24.3 Å². The molecule has 0 atom stereocenters. The van der Waals surface area contributed by atoms with Gasteiger partial charge in [0.2, 0.25) is 5.89 Å². The van der Waals surface area contributed by atoms with Gasteiger partial charge in [-0.3, -0.25) is 4.79 Å². The van der Waals surface area contributed by atoms with Crippen LogP contribution in [0.25, 0.3) is 22.6 Å². The largest absolute Gasteiger partial charge is 0.495 e. The summed E-state index contributed by atoms with van der Waals surface area (Å²) in [6, 6.07) is 10.5. The molecule has 0 spiro atoms. The molecule has 0 saturated heterocycles. The number of fused-ring (bicyclic) bond motifs is 1. The van der Waals surface area contributed by atoms with E-state index < -0.39 is 5.97 Å². The van der Waals surface area contributed by atoms with Crippen molar-refractivity contribution in [3.05, 3.63) is 40.9 Å². The number of carboxylic acids is 1. The maximum absolute atomic E-state index is 12.2. The first-order valence-corrected chi connectivity index (χ1v) is 10.3. The Morgan fingerprint density at radius 3 is 2.77 bits per heavy atom. The van der Waals surface area contributed by atoms with Gasteiger partial charge in [-0.1, -0.05) is 22.4 Å². The van der Waals surface area contributed by atoms with Crippen LogP contribution in [0.5, 0.6) is 5.75 Å². The first kappa shape index (κ1) is 21.6. The maximum atomic E-state index is 12.2. The van der Waals surface area contributed by atoms with E-state index in [0.717, 1.165) is 16.4 Å². The van der Waals surface area contributed by atoms with Gasteiger partial charge in [0.05, 0.1) is 12.8 Å². The number of aromatic nitrogens is 1. The lowest BCUT2D eigenvalue weighted by Gasteiger charge is -2.12. The lowest BCUT2D eigenvalue weighted by Crippen LogP contribution is -2.29. The van der Waals surface area contributed by atoms with Crippen molar-refractivity contribution in [2.24, 2.45) is 0 Å². The average Bonchev–Trinajstić information content (AvgIpc) is 3.13. The molecule has 2 amide bonds. The van der Waals surface area contributed by atoms with Crippen molar-refractivity contribution in [3.63, 3.8) is 0 Å². The van der Waals surface area contributed by atoms with Crippen LogP contribution in [-0.2, 0) is 4.79 Å². The van der Waals surface area contributed by atoms with E-state index >= 15 is 0 Å². The third kappa shape index (κ3) is 5.73. The Balaban J connectivity index is 1.65. The summed E-state index contributed by atoms with van der Waals surface area (Å²) in [6.45, 7) is 0.452. The van der Waals surface area contributed by atoms with Gasteiger partial charge >= 0.3 is 12.0 Å². The number of carbonyl (C=O) groups is 2. The molecule has 0 aliphatic carbocycles. The second-order valence-electron chi connectivity index (χ2n) is 6.63. The third-order valence-corrected chi connectivity index (χ3v) is 4.89. The molecule has 0 fully saturated rings. The number of hydrogen-bond acceptors (Lipinski definition) is 5. The minimum Gasteiger partial charge on any atom is -0.495 e. The molecule has 3 aromatic rings. The normalized spacial score (nSPS) is 10.7. The van der Waals surface area contributed by atoms with Crippen molar-refractivity contribution in [2.75, 3.05) is 19.0 Å². The van der Waals surface area contributed by atoms with E-state index in [9.17, 15) is 9.59 Å². The van der Waals surface area contributed by atoms with Crippen LogP contribution in [0.15, 0.2) is 45.3 Å². The molecule has 0 unspecified atom stereocenters. The number of nitrogens with one attached hydrogen (secondary N) is 2. The van der Waals surface area contributed by atoms with Crippen LogP contribution in [0.4, 0.5) is 10.5 Å². The zero-order valence-corrected chi connectivity index (χ0v) is 18.0. The Labute approximate surface area is 181 Å². The highest BCUT2D eigenvalue weighted by Crippen LogP contribution is 2.32. The number of amides is 2. The number of nitrogens with zero attached hydrogens (tertiary/aromatic N) is 1. The molecule has 0 aliphatic rings. The van der Waals surface area contributed by atoms with E-state index in [1.165, 1.54) is 7.11 Å². The van der Waals surface area contributed by atoms with Crippen LogP contribution in [-0.4, -0.2) is 35.7 Å². The summed E-state index contributed by atoms with van der Waals surface area (Å²) in [5, 5.41) is 14.2. The number of aliphatic carboxylic acids is 1. The van der Waals surface area contributed by atoms with E-state index in [4.69, 9.17) is 14.3 Å². The Kier molecular flexibility index (Phi) is 7.29. The number of carboxylic acid groups (broad SMARTS) is 1. The van der Waals surface area contributed by atoms with Crippen molar-refractivity contribution in [3.8, 4) is 17.2 Å². The first-order valence-electron chi connectivity index (χ1n) is 9.47. The predicted octanol–water partition coefficient (Wildman–Crippen LogP) is 5.03. The van der Waals surface area contributed by atoms with Crippen LogP contribution in [0.1, 0.15) is 25.7 Å². The molecule has 0 saturated carbocycles. The minimum absolute atomic E-state index is 0.142. The summed E-state index contributed by atoms with van der Waals surface area (Å²) < 4.78 is 12.1. The Hall–Kier alpha value is -3.07. The van der Waals surface area contributed by atoms with Gasteiger partial charge in [-0.15, -0.1) is 0 Å². The second kappa shape index (κ2) is 10.1. The summed E-state index contributed by atoms with van der Waals surface area (Å²) >= 11 is 3.42. The number of carbonyl (C=O) groups excluding carboxylic acids is 1. The summed E-state index contributed by atoms with van der Waals surface area (Å²) in [5.74, 6) is 0.140. The zero-order valence-electron chi connectivity index (χ0n) is 16.4. The van der Waals surface area contributed by atoms with Crippen LogP contribution >= 0.6 is 15.9 Å². The summed E-state index contributed by atoms with van der Waals surface area (Å²) in [6.07, 6.45) is 2.17. The minimum atomic E-state index is -0.806. The molecule has 0 bridgehead atoms. The van der Waals surface area contributed by atoms with Crippen molar-refractivity contribution in [2.45, 2.75) is 25.7 Å². The summed E-state index contributed by atoms with van der Waals surface area (Å²) in [7, 11) is 1.53. The van der Waals surface area contributed by atoms with Crippen LogP contribution in [0.2, 0.25) is 0 Å². The summed E-state index contributed by atoms with van der Waals surface area (Å²) in [5.41, 5.74) is 2.58. The fourth-order valence-electron chi connectivity index (χ4n) is 2.91. The smallest absolute Gasteiger partial charge is 0.319 e. The van der Waals surface area contributed by atoms with E-state index in [1.54, 1.807) is 12.1 Å². The van der Waals surface area contributed by atoms with Gasteiger partial charge in [-0.05, 0) is 49.2 Å². The molecule has 3 rings (SSSR count). The number of anilines is 1. The van der Waals surface area contributed by atoms with Gasteiger partial charge in [0.25, 0.3) is 0 Å². The number of rotatable bonds is 9. The number of halogens is 1. The molecule has 158 valence electrons. The summed E-state index contributed by atoms with van der Waals surface area (Å²) in [4.78, 5) is 27.2. The lowest BCUT2D eigenvalue weighted by molar-refractivity contribution is -0.137. The number of unbranched alkanes of at least 4 members (excludes halogenated alkanes) is 2. The zero-order chi connectivity index (χ0) is 21.5. The van der Waals surface area contributed by atoms with Gasteiger partial charge in [0.1, 0.15) is 11.3 Å². The van der Waals surface area contributed by atoms with E-state index in [0.29, 0.717) is 47.9 Å². The molecular formula is C21H22BrN3O5. The molecule has 0 radical (unpaired) electrons. The molecule has 9 heteroatoms. The van der Waals surface area contributed by atoms with Crippen LogP contribution in [0, 0.1) is 0 Å². The third-order valence-electron chi connectivity index (χ3n) is 4.40. The monoisotopic (exact) mass is 475 g/mol. The van der Waals surface area contributed by atoms with Crippen LogP contribution < -0.4 is 15.4 Å². The Bertz CT molecular complexity index is 1050. The van der Waals surface area contributed by atoms with E-state index in [-0.39, 0.29) is 12.5 Å². The highest BCUT2D eigenvalue weighted by molar-refractivity contribution is 9.10. The highest BCUT2D eigenvalue weighted by atomic mass is 79.9. The van der Waals surface area contributed by atoms with Gasteiger partial charge in [0, 0.05) is 23.0 Å². The lowest BCUT2D eigenvalue weighted by atomic mass is 10.2. The molecule has 30 heavy (non-hydrogen) atoms. The molecule has 8 nitrogen and oxygen atoms in total. The average molecular weight is 476 g/mol. The molecule has 3 N–H and O–H groups in total. The molecule has 1 heterocycles. The number of oxazole rings is 1. The Morgan fingerprint density at radius 1 is 1.17 bits per heavy atom. The number of methoxy groups -OCH3 is 1.